The fraction of sp³-hybridized carbons (Fsp3) is 0.333. The van der Waals surface area contributed by atoms with Crippen molar-refractivity contribution in [1.82, 2.24) is 15.5 Å². The van der Waals surface area contributed by atoms with E-state index in [1.54, 1.807) is 13.8 Å². The molecule has 1 aliphatic rings. The molecule has 0 saturated carbocycles. The fourth-order valence-corrected chi connectivity index (χ4v) is 0.796. The fourth-order valence-electron chi connectivity index (χ4n) is 0.796. The van der Waals surface area contributed by atoms with Crippen LogP contribution in [0.4, 0.5) is 0 Å². The number of aryl methyl sites for hydroxylation is 1. The number of rotatable bonds is 1. The number of aromatic nitrogens is 2. The van der Waals surface area contributed by atoms with E-state index in [1.807, 2.05) is 0 Å². The van der Waals surface area contributed by atoms with Gasteiger partial charge in [-0.05, 0) is 13.8 Å². The number of nitrogens with zero attached hydrogens (tertiary/aromatic N) is 5. The third-order valence-electron chi connectivity index (χ3n) is 1.28. The predicted molar refractivity (Wildman–Crippen MR) is 40.8 cm³/mol. The highest BCUT2D eigenvalue weighted by molar-refractivity contribution is 6.08. The van der Waals surface area contributed by atoms with Crippen LogP contribution in [0.2, 0.25) is 0 Å². The predicted octanol–water partition coefficient (Wildman–Crippen LogP) is 0.0760. The molecule has 61 valence electrons. The highest BCUT2D eigenvalue weighted by Gasteiger charge is 2.17. The van der Waals surface area contributed by atoms with Gasteiger partial charge in [-0.1, -0.05) is 5.16 Å². The van der Waals surface area contributed by atoms with Crippen LogP contribution in [0.3, 0.4) is 0 Å². The molecule has 1 aromatic heterocycles. The summed E-state index contributed by atoms with van der Waals surface area (Å²) in [5, 5.41) is 15.0. The van der Waals surface area contributed by atoms with Gasteiger partial charge in [0.1, 0.15) is 0 Å². The van der Waals surface area contributed by atoms with Crippen molar-refractivity contribution < 1.29 is 4.52 Å². The smallest absolute Gasteiger partial charge is 0.297 e. The minimum absolute atomic E-state index is 0.313. The molecular weight excluding hydrogens is 158 g/mol. The Morgan fingerprint density at radius 1 is 1.17 bits per heavy atom. The van der Waals surface area contributed by atoms with E-state index in [1.165, 1.54) is 0 Å². The molecule has 1 radical (unpaired) electrons. The van der Waals surface area contributed by atoms with Crippen LogP contribution in [0.15, 0.2) is 14.7 Å². The molecule has 0 fully saturated rings. The summed E-state index contributed by atoms with van der Waals surface area (Å²) in [5.41, 5.74) is 0. The molecule has 0 N–H and O–H groups in total. The zero-order valence-corrected chi connectivity index (χ0v) is 6.64. The molecule has 0 saturated heterocycles. The maximum Gasteiger partial charge on any atom is 0.297 e. The zero-order chi connectivity index (χ0) is 8.55. The number of hydrogen-bond donors (Lipinski definition) is 0. The molecule has 2 rings (SSSR count). The van der Waals surface area contributed by atoms with E-state index in [0.29, 0.717) is 23.4 Å². The average Bonchev–Trinajstić information content (AvgIpc) is 2.58. The van der Waals surface area contributed by atoms with Crippen molar-refractivity contribution in [3.63, 3.8) is 0 Å². The minimum Gasteiger partial charge on any atom is -0.330 e. The van der Waals surface area contributed by atoms with E-state index < -0.39 is 0 Å². The highest BCUT2D eigenvalue weighted by Crippen LogP contribution is 2.02. The van der Waals surface area contributed by atoms with Gasteiger partial charge in [0, 0.05) is 0 Å². The molecular formula is C6H6N5O. The van der Waals surface area contributed by atoms with Gasteiger partial charge in [-0.2, -0.15) is 4.98 Å². The van der Waals surface area contributed by atoms with Gasteiger partial charge in [-0.25, -0.2) is 5.32 Å². The van der Waals surface area contributed by atoms with Gasteiger partial charge in [0.25, 0.3) is 5.89 Å². The van der Waals surface area contributed by atoms with E-state index in [-0.39, 0.29) is 0 Å². The molecule has 0 bridgehead atoms. The summed E-state index contributed by atoms with van der Waals surface area (Å²) in [5.74, 6) is 1.86. The second kappa shape index (κ2) is 2.40. The molecule has 0 unspecified atom stereocenters. The van der Waals surface area contributed by atoms with Crippen molar-refractivity contribution in [3.05, 3.63) is 11.7 Å². The lowest BCUT2D eigenvalue weighted by Crippen LogP contribution is -2.16. The van der Waals surface area contributed by atoms with E-state index >= 15 is 0 Å². The summed E-state index contributed by atoms with van der Waals surface area (Å²) in [6, 6.07) is 0. The van der Waals surface area contributed by atoms with Crippen LogP contribution in [0, 0.1) is 6.92 Å². The summed E-state index contributed by atoms with van der Waals surface area (Å²) in [7, 11) is 0. The Morgan fingerprint density at radius 2 is 2.00 bits per heavy atom. The Morgan fingerprint density at radius 3 is 2.50 bits per heavy atom. The monoisotopic (exact) mass is 164 g/mol. The van der Waals surface area contributed by atoms with Gasteiger partial charge in [-0.15, -0.1) is 10.2 Å². The van der Waals surface area contributed by atoms with Crippen LogP contribution in [-0.2, 0) is 0 Å². The Kier molecular flexibility index (Phi) is 1.39. The molecule has 0 atom stereocenters. The highest BCUT2D eigenvalue weighted by atomic mass is 16.5. The van der Waals surface area contributed by atoms with Crippen molar-refractivity contribution in [1.29, 1.82) is 0 Å². The van der Waals surface area contributed by atoms with Crippen molar-refractivity contribution in [2.75, 3.05) is 0 Å². The minimum atomic E-state index is 0.313. The molecule has 2 heterocycles. The van der Waals surface area contributed by atoms with Crippen LogP contribution in [0.25, 0.3) is 0 Å². The zero-order valence-electron chi connectivity index (χ0n) is 6.64. The first-order valence-electron chi connectivity index (χ1n) is 3.40. The topological polar surface area (TPSA) is 77.7 Å². The SMILES string of the molecule is CC1=NN=C(c2nc(C)no2)[N]1. The number of hydrogen-bond acceptors (Lipinski definition) is 5. The molecule has 12 heavy (non-hydrogen) atoms. The molecule has 6 heteroatoms. The van der Waals surface area contributed by atoms with E-state index in [2.05, 4.69) is 25.7 Å². The van der Waals surface area contributed by atoms with Crippen molar-refractivity contribution >= 4 is 11.7 Å². The van der Waals surface area contributed by atoms with Crippen LogP contribution in [0.1, 0.15) is 18.6 Å². The van der Waals surface area contributed by atoms with Gasteiger partial charge >= 0.3 is 0 Å². The van der Waals surface area contributed by atoms with Crippen LogP contribution >= 0.6 is 0 Å². The Labute approximate surface area is 68.4 Å². The van der Waals surface area contributed by atoms with E-state index in [4.69, 9.17) is 4.52 Å². The summed E-state index contributed by atoms with van der Waals surface area (Å²) >= 11 is 0. The Balaban J connectivity index is 2.24. The number of amidine groups is 2. The summed E-state index contributed by atoms with van der Waals surface area (Å²) in [6.45, 7) is 3.48. The standard InChI is InChI=1S/C6H6N5O/c1-3-7-5(10-9-3)6-8-4(2)11-12-6/h1-2H3. The van der Waals surface area contributed by atoms with Crippen molar-refractivity contribution in [3.8, 4) is 0 Å². The first kappa shape index (κ1) is 6.96. The van der Waals surface area contributed by atoms with E-state index in [0.717, 1.165) is 0 Å². The maximum atomic E-state index is 4.84. The third kappa shape index (κ3) is 1.07. The largest absolute Gasteiger partial charge is 0.330 e. The van der Waals surface area contributed by atoms with Gasteiger partial charge < -0.3 is 4.52 Å². The summed E-state index contributed by atoms with van der Waals surface area (Å²) in [6.07, 6.45) is 0. The van der Waals surface area contributed by atoms with Gasteiger partial charge in [0.2, 0.25) is 5.84 Å². The molecule has 0 spiro atoms. The van der Waals surface area contributed by atoms with Crippen LogP contribution in [-0.4, -0.2) is 21.8 Å². The van der Waals surface area contributed by atoms with Gasteiger partial charge in [0.15, 0.2) is 11.7 Å². The lowest BCUT2D eigenvalue weighted by molar-refractivity contribution is 0.405. The van der Waals surface area contributed by atoms with Crippen LogP contribution in [0.5, 0.6) is 0 Å². The average molecular weight is 164 g/mol. The van der Waals surface area contributed by atoms with Gasteiger partial charge in [0.05, 0.1) is 0 Å². The molecule has 6 nitrogen and oxygen atoms in total. The molecule has 0 aliphatic carbocycles. The third-order valence-corrected chi connectivity index (χ3v) is 1.28. The lowest BCUT2D eigenvalue weighted by Gasteiger charge is -1.88. The van der Waals surface area contributed by atoms with Crippen LogP contribution < -0.4 is 5.32 Å². The second-order valence-corrected chi connectivity index (χ2v) is 2.33. The van der Waals surface area contributed by atoms with E-state index in [9.17, 15) is 0 Å². The van der Waals surface area contributed by atoms with Crippen molar-refractivity contribution in [2.24, 2.45) is 10.2 Å². The molecule has 0 amide bonds. The first-order chi connectivity index (χ1) is 5.75. The molecule has 1 aromatic rings. The normalized spacial score (nSPS) is 15.5. The molecule has 1 aliphatic heterocycles. The molecule has 0 aromatic carbocycles. The summed E-state index contributed by atoms with van der Waals surface area (Å²) < 4.78 is 4.84. The lowest BCUT2D eigenvalue weighted by atomic mass is 10.5. The Hall–Kier alpha value is -1.72. The summed E-state index contributed by atoms with van der Waals surface area (Å²) in [4.78, 5) is 3.95. The second-order valence-electron chi connectivity index (χ2n) is 2.33. The van der Waals surface area contributed by atoms with Crippen molar-refractivity contribution in [2.45, 2.75) is 13.8 Å². The first-order valence-corrected chi connectivity index (χ1v) is 3.40. The quantitative estimate of drug-likeness (QED) is 0.589. The van der Waals surface area contributed by atoms with Gasteiger partial charge in [-0.3, -0.25) is 0 Å². The Bertz CT molecular complexity index is 364. The maximum absolute atomic E-state index is 4.84.